The number of anilines is 1. The number of hydrogen-bond donors (Lipinski definition) is 2. The van der Waals surface area contributed by atoms with E-state index in [0.29, 0.717) is 5.69 Å². The minimum absolute atomic E-state index is 0.717. The second kappa shape index (κ2) is 2.19. The molecule has 0 heterocycles. The van der Waals surface area contributed by atoms with E-state index in [1.807, 2.05) is 0 Å². The van der Waals surface area contributed by atoms with Crippen molar-refractivity contribution in [3.05, 3.63) is 29.8 Å². The first-order chi connectivity index (χ1) is 4.33. The highest BCUT2D eigenvalue weighted by molar-refractivity contribution is 5.42. The molecule has 0 aliphatic carbocycles. The number of rotatable bonds is 0. The zero-order valence-electron chi connectivity index (χ0n) is 4.89. The van der Waals surface area contributed by atoms with Crippen molar-refractivity contribution in [3.63, 3.8) is 0 Å². The van der Waals surface area contributed by atoms with Crippen molar-refractivity contribution >= 4 is 5.69 Å². The fourth-order valence-electron chi connectivity index (χ4n) is 0.566. The van der Waals surface area contributed by atoms with Crippen LogP contribution in [0.25, 0.3) is 0 Å². The largest absolute Gasteiger partial charge is 0.399 e. The minimum Gasteiger partial charge on any atom is -0.399 e. The van der Waals surface area contributed by atoms with E-state index in [9.17, 15) is 0 Å². The van der Waals surface area contributed by atoms with E-state index < -0.39 is 0 Å². The maximum Gasteiger partial charge on any atom is 0.308 e. The van der Waals surface area contributed by atoms with Crippen LogP contribution in [-0.2, 0) is 0 Å². The highest BCUT2D eigenvalue weighted by Gasteiger charge is 1.89. The van der Waals surface area contributed by atoms with E-state index in [4.69, 9.17) is 11.0 Å². The van der Waals surface area contributed by atoms with Crippen molar-refractivity contribution in [2.75, 3.05) is 5.73 Å². The molecule has 9 heavy (non-hydrogen) atoms. The van der Waals surface area contributed by atoms with Crippen LogP contribution in [-0.4, -0.2) is 0 Å². The van der Waals surface area contributed by atoms with Gasteiger partial charge in [0.15, 0.2) is 0 Å². The van der Waals surface area contributed by atoms with Crippen molar-refractivity contribution in [2.24, 2.45) is 0 Å². The van der Waals surface area contributed by atoms with Crippen LogP contribution in [0.5, 0.6) is 0 Å². The highest BCUT2D eigenvalue weighted by Crippen LogP contribution is 2.02. The fraction of sp³-hybridized carbons (Fsp3) is 0. The smallest absolute Gasteiger partial charge is 0.308 e. The predicted molar refractivity (Wildman–Crippen MR) is 34.8 cm³/mol. The molecule has 1 aromatic rings. The van der Waals surface area contributed by atoms with Crippen LogP contribution in [0.2, 0.25) is 0 Å². The Hall–Kier alpha value is -1.49. The van der Waals surface area contributed by atoms with Gasteiger partial charge in [-0.3, -0.25) is 0 Å². The SMILES string of the molecule is [NH+]#Cc1ccc(N)cc1. The van der Waals surface area contributed by atoms with Gasteiger partial charge in [-0.1, -0.05) is 5.26 Å². The zero-order valence-corrected chi connectivity index (χ0v) is 4.89. The molecule has 2 heteroatoms. The van der Waals surface area contributed by atoms with E-state index in [1.165, 1.54) is 0 Å². The lowest BCUT2D eigenvalue weighted by Crippen LogP contribution is -2.17. The Morgan fingerprint density at radius 3 is 2.22 bits per heavy atom. The van der Waals surface area contributed by atoms with Gasteiger partial charge in [0.1, 0.15) is 5.56 Å². The molecular weight excluding hydrogens is 112 g/mol. The van der Waals surface area contributed by atoms with Crippen molar-refractivity contribution in [3.8, 4) is 6.07 Å². The summed E-state index contributed by atoms with van der Waals surface area (Å²) in [4.78, 5) is 0. The first kappa shape index (κ1) is 5.64. The maximum absolute atomic E-state index is 6.72. The summed E-state index contributed by atoms with van der Waals surface area (Å²) in [6.07, 6.45) is 0. The van der Waals surface area contributed by atoms with Gasteiger partial charge >= 0.3 is 6.07 Å². The number of nitrogens with two attached hydrogens (primary N) is 1. The molecule has 44 valence electrons. The van der Waals surface area contributed by atoms with Crippen LogP contribution in [0.4, 0.5) is 5.69 Å². The second-order valence-electron chi connectivity index (χ2n) is 1.75. The molecule has 0 radical (unpaired) electrons. The molecule has 0 aromatic heterocycles. The summed E-state index contributed by atoms with van der Waals surface area (Å²) in [7, 11) is 0. The fourth-order valence-corrected chi connectivity index (χ4v) is 0.566. The lowest BCUT2D eigenvalue weighted by Gasteiger charge is -1.86. The first-order valence-corrected chi connectivity index (χ1v) is 2.61. The number of benzene rings is 1. The Morgan fingerprint density at radius 2 is 1.78 bits per heavy atom. The summed E-state index contributed by atoms with van der Waals surface area (Å²) in [5.74, 6) is 0. The molecule has 0 unspecified atom stereocenters. The van der Waals surface area contributed by atoms with Crippen molar-refractivity contribution in [2.45, 2.75) is 0 Å². The summed E-state index contributed by atoms with van der Waals surface area (Å²) < 4.78 is 0. The van der Waals surface area contributed by atoms with E-state index in [-0.39, 0.29) is 0 Å². The van der Waals surface area contributed by atoms with Gasteiger partial charge in [0.25, 0.3) is 0 Å². The minimum atomic E-state index is 0.717. The molecule has 1 rings (SSSR count). The predicted octanol–water partition coefficient (Wildman–Crippen LogP) is -0.610. The summed E-state index contributed by atoms with van der Waals surface area (Å²) in [5, 5.41) is 6.72. The van der Waals surface area contributed by atoms with Crippen LogP contribution in [0.15, 0.2) is 24.3 Å². The third-order valence-electron chi connectivity index (χ3n) is 1.06. The van der Waals surface area contributed by atoms with Gasteiger partial charge in [-0.2, -0.15) is 0 Å². The lowest BCUT2D eigenvalue weighted by atomic mass is 10.2. The van der Waals surface area contributed by atoms with Crippen molar-refractivity contribution < 1.29 is 5.26 Å². The summed E-state index contributed by atoms with van der Waals surface area (Å²) in [6, 6.07) is 9.25. The van der Waals surface area contributed by atoms with Crippen molar-refractivity contribution in [1.29, 1.82) is 0 Å². The average Bonchev–Trinajstić information content (AvgIpc) is 1.90. The summed E-state index contributed by atoms with van der Waals surface area (Å²) in [5.41, 5.74) is 6.86. The topological polar surface area (TPSA) is 49.8 Å². The van der Waals surface area contributed by atoms with Gasteiger partial charge in [-0.05, 0) is 24.3 Å². The Bertz CT molecular complexity index is 230. The lowest BCUT2D eigenvalue weighted by molar-refractivity contribution is -0.0909. The standard InChI is InChI=1S/C7H6N2/c8-5-6-1-3-7(9)4-2-6/h1-4H,9H2/p+1. The van der Waals surface area contributed by atoms with Gasteiger partial charge in [-0.25, -0.2) is 0 Å². The molecule has 0 aliphatic heterocycles. The Balaban J connectivity index is 3.06. The maximum atomic E-state index is 6.72. The molecule has 0 amide bonds. The average molecular weight is 119 g/mol. The van der Waals surface area contributed by atoms with E-state index in [1.54, 1.807) is 24.3 Å². The third-order valence-corrected chi connectivity index (χ3v) is 1.06. The molecule has 1 aromatic carbocycles. The normalized spacial score (nSPS) is 8.33. The molecule has 0 saturated heterocycles. The molecule has 3 N–H and O–H groups in total. The Labute approximate surface area is 53.5 Å². The summed E-state index contributed by atoms with van der Waals surface area (Å²) in [6.45, 7) is 0. The first-order valence-electron chi connectivity index (χ1n) is 2.61. The zero-order chi connectivity index (χ0) is 6.69. The molecule has 0 bridgehead atoms. The molecular formula is C7H7N2+. The Morgan fingerprint density at radius 1 is 1.22 bits per heavy atom. The quantitative estimate of drug-likeness (QED) is 0.440. The molecule has 0 saturated carbocycles. The number of nitrogens with one attached hydrogen (secondary N) is 1. The van der Waals surface area contributed by atoms with Gasteiger partial charge in [0, 0.05) is 5.69 Å². The Kier molecular flexibility index (Phi) is 1.37. The monoisotopic (exact) mass is 119 g/mol. The summed E-state index contributed by atoms with van der Waals surface area (Å²) >= 11 is 0. The van der Waals surface area contributed by atoms with E-state index in [0.717, 1.165) is 5.56 Å². The molecule has 0 aliphatic rings. The van der Waals surface area contributed by atoms with Crippen LogP contribution in [0.3, 0.4) is 0 Å². The molecule has 0 spiro atoms. The third kappa shape index (κ3) is 1.20. The second-order valence-corrected chi connectivity index (χ2v) is 1.75. The van der Waals surface area contributed by atoms with Crippen LogP contribution < -0.4 is 11.0 Å². The molecule has 2 nitrogen and oxygen atoms in total. The molecule has 0 fully saturated rings. The number of nitrogen functional groups attached to an aromatic ring is 1. The van der Waals surface area contributed by atoms with E-state index in [2.05, 4.69) is 6.07 Å². The van der Waals surface area contributed by atoms with Crippen molar-refractivity contribution in [1.82, 2.24) is 0 Å². The van der Waals surface area contributed by atoms with E-state index >= 15 is 0 Å². The van der Waals surface area contributed by atoms with Crippen LogP contribution in [0.1, 0.15) is 5.56 Å². The molecule has 0 atom stereocenters. The number of hydrogen-bond acceptors (Lipinski definition) is 1. The van der Waals surface area contributed by atoms with Gasteiger partial charge in [-0.15, -0.1) is 0 Å². The van der Waals surface area contributed by atoms with Gasteiger partial charge in [0.2, 0.25) is 0 Å². The van der Waals surface area contributed by atoms with Crippen LogP contribution in [0, 0.1) is 6.07 Å². The van der Waals surface area contributed by atoms with Gasteiger partial charge < -0.3 is 5.73 Å². The van der Waals surface area contributed by atoms with Gasteiger partial charge in [0.05, 0.1) is 0 Å². The van der Waals surface area contributed by atoms with Crippen LogP contribution >= 0.6 is 0 Å². The highest BCUT2D eigenvalue weighted by atomic mass is 14.5.